The average Bonchev–Trinajstić information content (AvgIpc) is 2.98. The van der Waals surface area contributed by atoms with Gasteiger partial charge in [-0.2, -0.15) is 0 Å². The van der Waals surface area contributed by atoms with Crippen LogP contribution in [0, 0.1) is 16.0 Å². The van der Waals surface area contributed by atoms with E-state index in [2.05, 4.69) is 9.98 Å². The number of sulfonamides is 1. The van der Waals surface area contributed by atoms with E-state index in [-0.39, 0.29) is 35.8 Å². The molecular formula is C30H33N5O8S. The van der Waals surface area contributed by atoms with Crippen LogP contribution < -0.4 is 4.74 Å². The topological polar surface area (TPSA) is 162 Å². The Morgan fingerprint density at radius 2 is 1.84 bits per heavy atom. The predicted octanol–water partition coefficient (Wildman–Crippen LogP) is 5.00. The molecule has 0 saturated heterocycles. The second-order valence-corrected chi connectivity index (χ2v) is 12.5. The molecule has 232 valence electrons. The third kappa shape index (κ3) is 7.44. The molecule has 13 nitrogen and oxygen atoms in total. The van der Waals surface area contributed by atoms with Crippen molar-refractivity contribution in [3.63, 3.8) is 0 Å². The molecule has 4 rings (SSSR count). The number of nitro groups is 1. The lowest BCUT2D eigenvalue weighted by Gasteiger charge is -2.39. The number of non-ortho nitro benzene ring substituents is 1. The Hall–Kier alpha value is -4.69. The Bertz CT molecular complexity index is 1650. The lowest BCUT2D eigenvalue weighted by Crippen LogP contribution is -2.48. The van der Waals surface area contributed by atoms with Gasteiger partial charge in [-0.05, 0) is 63.1 Å². The maximum absolute atomic E-state index is 13.3. The summed E-state index contributed by atoms with van der Waals surface area (Å²) in [7, 11) is -2.46. The molecule has 1 aliphatic heterocycles. The molecule has 1 aromatic heterocycles. The molecule has 1 aliphatic rings. The number of carbonyl (C=O) groups is 2. The third-order valence-corrected chi connectivity index (χ3v) is 8.78. The SMILES string of the molecule is CC1=NC(=O)N(CCCN(C)S(=O)(=O)c2ccc(Oc3ccccn3)cc2)C(c2cccc([N+](=O)[O-])c2)C1C(=O)OC(C)C. The van der Waals surface area contributed by atoms with E-state index in [1.165, 1.54) is 54.4 Å². The number of ether oxygens (including phenoxy) is 2. The highest BCUT2D eigenvalue weighted by Gasteiger charge is 2.43. The summed E-state index contributed by atoms with van der Waals surface area (Å²) in [5.74, 6) is -0.839. The van der Waals surface area contributed by atoms with Crippen LogP contribution in [0.4, 0.5) is 10.5 Å². The van der Waals surface area contributed by atoms with Crippen LogP contribution in [0.3, 0.4) is 0 Å². The quantitative estimate of drug-likeness (QED) is 0.154. The van der Waals surface area contributed by atoms with Crippen molar-refractivity contribution in [2.45, 2.75) is 44.2 Å². The number of hydrogen-bond acceptors (Lipinski definition) is 9. The minimum atomic E-state index is -3.89. The molecule has 2 unspecified atom stereocenters. The van der Waals surface area contributed by atoms with Crippen LogP contribution >= 0.6 is 0 Å². The van der Waals surface area contributed by atoms with Gasteiger partial charge in [0, 0.05) is 50.2 Å². The van der Waals surface area contributed by atoms with Crippen LogP contribution in [0.25, 0.3) is 0 Å². The fourth-order valence-corrected chi connectivity index (χ4v) is 6.03. The highest BCUT2D eigenvalue weighted by Crippen LogP contribution is 2.36. The van der Waals surface area contributed by atoms with Crippen molar-refractivity contribution in [3.05, 3.63) is 88.6 Å². The van der Waals surface area contributed by atoms with E-state index in [0.717, 1.165) is 4.31 Å². The highest BCUT2D eigenvalue weighted by molar-refractivity contribution is 7.89. The molecule has 3 aromatic rings. The predicted molar refractivity (Wildman–Crippen MR) is 161 cm³/mol. The maximum atomic E-state index is 13.3. The van der Waals surface area contributed by atoms with Crippen molar-refractivity contribution in [1.29, 1.82) is 0 Å². The van der Waals surface area contributed by atoms with Gasteiger partial charge in [-0.15, -0.1) is 0 Å². The molecule has 2 amide bonds. The Balaban J connectivity index is 1.52. The van der Waals surface area contributed by atoms with Crippen molar-refractivity contribution in [2.75, 3.05) is 20.1 Å². The Morgan fingerprint density at radius 1 is 1.11 bits per heavy atom. The average molecular weight is 624 g/mol. The summed E-state index contributed by atoms with van der Waals surface area (Å²) in [4.78, 5) is 46.8. The second kappa shape index (κ2) is 13.7. The lowest BCUT2D eigenvalue weighted by molar-refractivity contribution is -0.385. The number of pyridine rings is 1. The van der Waals surface area contributed by atoms with Gasteiger partial charge in [0.15, 0.2) is 0 Å². The highest BCUT2D eigenvalue weighted by atomic mass is 32.2. The number of amides is 2. The number of nitrogens with zero attached hydrogens (tertiary/aromatic N) is 5. The molecule has 0 aliphatic carbocycles. The van der Waals surface area contributed by atoms with Crippen molar-refractivity contribution in [1.82, 2.24) is 14.2 Å². The lowest BCUT2D eigenvalue weighted by atomic mass is 9.86. The molecule has 0 N–H and O–H groups in total. The van der Waals surface area contributed by atoms with Crippen molar-refractivity contribution < 1.29 is 32.4 Å². The summed E-state index contributed by atoms with van der Waals surface area (Å²) in [6, 6.07) is 15.3. The molecule has 2 atom stereocenters. The van der Waals surface area contributed by atoms with Gasteiger partial charge < -0.3 is 14.4 Å². The van der Waals surface area contributed by atoms with Gasteiger partial charge in [-0.3, -0.25) is 14.9 Å². The molecular weight excluding hydrogens is 590 g/mol. The van der Waals surface area contributed by atoms with Gasteiger partial charge in [-0.25, -0.2) is 27.5 Å². The smallest absolute Gasteiger partial charge is 0.344 e. The monoisotopic (exact) mass is 623 g/mol. The summed E-state index contributed by atoms with van der Waals surface area (Å²) in [5, 5.41) is 11.5. The third-order valence-electron chi connectivity index (χ3n) is 6.91. The summed E-state index contributed by atoms with van der Waals surface area (Å²) in [6.45, 7) is 4.97. The van der Waals surface area contributed by atoms with Crippen molar-refractivity contribution >= 4 is 33.4 Å². The van der Waals surface area contributed by atoms with Gasteiger partial charge in [-0.1, -0.05) is 18.2 Å². The molecule has 0 fully saturated rings. The number of nitro benzene ring substituents is 1. The molecule has 0 saturated carbocycles. The maximum Gasteiger partial charge on any atom is 0.344 e. The fraction of sp³-hybridized carbons (Fsp3) is 0.333. The minimum Gasteiger partial charge on any atom is -0.462 e. The molecule has 0 bridgehead atoms. The molecule has 44 heavy (non-hydrogen) atoms. The van der Waals surface area contributed by atoms with Gasteiger partial charge in [0.2, 0.25) is 15.9 Å². The van der Waals surface area contributed by atoms with E-state index in [9.17, 15) is 28.1 Å². The van der Waals surface area contributed by atoms with Crippen LogP contribution in [0.1, 0.15) is 38.8 Å². The molecule has 14 heteroatoms. The van der Waals surface area contributed by atoms with Gasteiger partial charge in [0.05, 0.1) is 22.0 Å². The van der Waals surface area contributed by atoms with Gasteiger partial charge in [0.1, 0.15) is 11.7 Å². The normalized spacial score (nSPS) is 17.0. The largest absolute Gasteiger partial charge is 0.462 e. The number of hydrogen-bond donors (Lipinski definition) is 0. The Morgan fingerprint density at radius 3 is 2.48 bits per heavy atom. The molecule has 0 radical (unpaired) electrons. The molecule has 0 spiro atoms. The van der Waals surface area contributed by atoms with Crippen LogP contribution in [0.2, 0.25) is 0 Å². The molecule has 2 aromatic carbocycles. The van der Waals surface area contributed by atoms with Crippen LogP contribution in [-0.4, -0.2) is 71.5 Å². The van der Waals surface area contributed by atoms with E-state index in [1.807, 2.05) is 0 Å². The summed E-state index contributed by atoms with van der Waals surface area (Å²) >= 11 is 0. The number of benzene rings is 2. The van der Waals surface area contributed by atoms with Crippen LogP contribution in [-0.2, 0) is 19.6 Å². The standard InChI is InChI=1S/C30H33N5O8S/c1-20(2)42-29(36)27-21(3)32-30(37)34(28(27)22-9-7-10-23(19-22)35(38)39)18-8-17-33(4)44(40,41)25-14-12-24(13-15-25)43-26-11-5-6-16-31-26/h5-7,9-16,19-20,27-28H,8,17-18H2,1-4H3. The zero-order valence-electron chi connectivity index (χ0n) is 24.7. The number of carbonyl (C=O) groups excluding carboxylic acids is 2. The summed E-state index contributed by atoms with van der Waals surface area (Å²) in [5.41, 5.74) is 0.387. The fourth-order valence-electron chi connectivity index (χ4n) is 4.82. The Kier molecular flexibility index (Phi) is 10.1. The van der Waals surface area contributed by atoms with E-state index < -0.39 is 45.0 Å². The zero-order chi connectivity index (χ0) is 32.0. The number of aromatic nitrogens is 1. The van der Waals surface area contributed by atoms with E-state index in [1.54, 1.807) is 51.2 Å². The first-order valence-corrected chi connectivity index (χ1v) is 15.3. The first-order valence-electron chi connectivity index (χ1n) is 13.8. The summed E-state index contributed by atoms with van der Waals surface area (Å²) < 4.78 is 38.8. The number of urea groups is 1. The van der Waals surface area contributed by atoms with E-state index in [4.69, 9.17) is 9.47 Å². The van der Waals surface area contributed by atoms with Crippen LogP contribution in [0.5, 0.6) is 11.6 Å². The minimum absolute atomic E-state index is 0.0190. The molecule has 2 heterocycles. The van der Waals surface area contributed by atoms with Gasteiger partial charge in [0.25, 0.3) is 5.69 Å². The zero-order valence-corrected chi connectivity index (χ0v) is 25.5. The van der Waals surface area contributed by atoms with E-state index in [0.29, 0.717) is 17.2 Å². The first kappa shape index (κ1) is 32.2. The van der Waals surface area contributed by atoms with Crippen molar-refractivity contribution in [3.8, 4) is 11.6 Å². The summed E-state index contributed by atoms with van der Waals surface area (Å²) in [6.07, 6.45) is 1.33. The number of rotatable bonds is 12. The van der Waals surface area contributed by atoms with Gasteiger partial charge >= 0.3 is 12.0 Å². The Labute approximate surface area is 255 Å². The first-order chi connectivity index (χ1) is 20.9. The number of esters is 1. The van der Waals surface area contributed by atoms with Crippen LogP contribution in [0.15, 0.2) is 82.8 Å². The van der Waals surface area contributed by atoms with E-state index >= 15 is 0 Å². The second-order valence-electron chi connectivity index (χ2n) is 10.4. The number of aliphatic imine (C=N–C) groups is 1. The van der Waals surface area contributed by atoms with Crippen molar-refractivity contribution in [2.24, 2.45) is 10.9 Å².